The van der Waals surface area contributed by atoms with E-state index in [0.717, 1.165) is 18.7 Å². The Morgan fingerprint density at radius 3 is 2.85 bits per heavy atom. The van der Waals surface area contributed by atoms with Crippen LogP contribution in [0.2, 0.25) is 0 Å². The molecule has 70 valence electrons. The Kier molecular flexibility index (Phi) is 1.96. The molecule has 0 saturated heterocycles. The molecule has 0 atom stereocenters. The van der Waals surface area contributed by atoms with Crippen LogP contribution < -0.4 is 5.01 Å². The molecule has 3 heteroatoms. The number of likely N-dealkylation sites (N-methyl/N-ethyl adjacent to an activating group) is 1. The Labute approximate surface area is 77.5 Å². The van der Waals surface area contributed by atoms with E-state index in [1.54, 1.807) is 6.07 Å². The first-order valence-corrected chi connectivity index (χ1v) is 4.41. The molecule has 0 saturated carbocycles. The fraction of sp³-hybridized carbons (Fsp3) is 0.400. The van der Waals surface area contributed by atoms with E-state index in [0.29, 0.717) is 0 Å². The molecule has 13 heavy (non-hydrogen) atoms. The largest absolute Gasteiger partial charge is 0.309 e. The Morgan fingerprint density at radius 2 is 2.08 bits per heavy atom. The zero-order valence-electron chi connectivity index (χ0n) is 7.92. The van der Waals surface area contributed by atoms with Gasteiger partial charge in [-0.25, -0.2) is 9.40 Å². The number of fused-ring (bicyclic) bond motifs is 1. The smallest absolute Gasteiger partial charge is 0.125 e. The molecule has 0 unspecified atom stereocenters. The topological polar surface area (TPSA) is 6.48 Å². The zero-order chi connectivity index (χ0) is 9.42. The van der Waals surface area contributed by atoms with Crippen LogP contribution in [0.5, 0.6) is 0 Å². The molecular weight excluding hydrogens is 167 g/mol. The molecule has 2 rings (SSSR count). The molecule has 1 aliphatic heterocycles. The summed E-state index contributed by atoms with van der Waals surface area (Å²) in [5.74, 6) is -0.166. The lowest BCUT2D eigenvalue weighted by atomic mass is 10.1. The van der Waals surface area contributed by atoms with E-state index < -0.39 is 0 Å². The molecule has 0 fully saturated rings. The lowest BCUT2D eigenvalue weighted by Crippen LogP contribution is -2.41. The second-order valence-electron chi connectivity index (χ2n) is 3.43. The van der Waals surface area contributed by atoms with Crippen molar-refractivity contribution in [2.45, 2.75) is 6.42 Å². The van der Waals surface area contributed by atoms with Crippen molar-refractivity contribution in [1.29, 1.82) is 0 Å². The molecule has 1 aliphatic rings. The highest BCUT2D eigenvalue weighted by Gasteiger charge is 2.17. The van der Waals surface area contributed by atoms with Gasteiger partial charge in [0.1, 0.15) is 5.82 Å². The van der Waals surface area contributed by atoms with Crippen molar-refractivity contribution in [3.05, 3.63) is 29.6 Å². The number of anilines is 1. The van der Waals surface area contributed by atoms with Crippen molar-refractivity contribution in [2.75, 3.05) is 25.6 Å². The van der Waals surface area contributed by atoms with E-state index in [1.165, 1.54) is 11.6 Å². The minimum Gasteiger partial charge on any atom is -0.309 e. The maximum atomic E-state index is 12.9. The van der Waals surface area contributed by atoms with E-state index in [-0.39, 0.29) is 5.82 Å². The lowest BCUT2D eigenvalue weighted by molar-refractivity contribution is 0.313. The molecule has 0 spiro atoms. The number of nitrogens with zero attached hydrogens (tertiary/aromatic N) is 2. The minimum atomic E-state index is -0.166. The first kappa shape index (κ1) is 8.51. The average Bonchev–Trinajstić information content (AvgIpc) is 2.12. The molecule has 2 nitrogen and oxygen atoms in total. The number of hydrazine groups is 1. The van der Waals surface area contributed by atoms with Crippen LogP contribution in [-0.2, 0) is 6.42 Å². The summed E-state index contributed by atoms with van der Waals surface area (Å²) in [4.78, 5) is 0. The third kappa shape index (κ3) is 1.40. The zero-order valence-corrected chi connectivity index (χ0v) is 7.92. The monoisotopic (exact) mass is 180 g/mol. The quantitative estimate of drug-likeness (QED) is 0.599. The van der Waals surface area contributed by atoms with Gasteiger partial charge in [-0.3, -0.25) is 0 Å². The Hall–Kier alpha value is -1.09. The number of benzene rings is 1. The summed E-state index contributed by atoms with van der Waals surface area (Å²) in [7, 11) is 3.96. The van der Waals surface area contributed by atoms with Crippen molar-refractivity contribution in [3.63, 3.8) is 0 Å². The van der Waals surface area contributed by atoms with Crippen molar-refractivity contribution < 1.29 is 4.39 Å². The normalized spacial score (nSPS) is 17.3. The fourth-order valence-corrected chi connectivity index (χ4v) is 1.67. The van der Waals surface area contributed by atoms with Gasteiger partial charge in [0.15, 0.2) is 0 Å². The molecule has 1 heterocycles. The van der Waals surface area contributed by atoms with Crippen LogP contribution in [0.3, 0.4) is 0 Å². The van der Waals surface area contributed by atoms with Gasteiger partial charge in [0.05, 0.1) is 5.69 Å². The maximum absolute atomic E-state index is 12.9. The lowest BCUT2D eigenvalue weighted by Gasteiger charge is -2.36. The van der Waals surface area contributed by atoms with Crippen LogP contribution in [0.1, 0.15) is 5.56 Å². The van der Waals surface area contributed by atoms with Crippen molar-refractivity contribution in [3.8, 4) is 0 Å². The Balaban J connectivity index is 2.45. The molecule has 0 N–H and O–H groups in total. The number of hydrogen-bond donors (Lipinski definition) is 0. The van der Waals surface area contributed by atoms with Crippen molar-refractivity contribution >= 4 is 5.69 Å². The van der Waals surface area contributed by atoms with E-state index in [1.807, 2.05) is 25.2 Å². The van der Waals surface area contributed by atoms with E-state index in [9.17, 15) is 4.39 Å². The average molecular weight is 180 g/mol. The Morgan fingerprint density at radius 1 is 1.31 bits per heavy atom. The third-order valence-electron chi connectivity index (χ3n) is 2.61. The molecule has 1 aromatic carbocycles. The Bertz CT molecular complexity index is 325. The van der Waals surface area contributed by atoms with Gasteiger partial charge in [0.25, 0.3) is 0 Å². The predicted octanol–water partition coefficient (Wildman–Crippen LogP) is 1.66. The minimum absolute atomic E-state index is 0.166. The summed E-state index contributed by atoms with van der Waals surface area (Å²) in [6.45, 7) is 0.995. The predicted molar refractivity (Wildman–Crippen MR) is 51.1 cm³/mol. The highest BCUT2D eigenvalue weighted by atomic mass is 19.1. The van der Waals surface area contributed by atoms with Crippen LogP contribution in [-0.4, -0.2) is 25.6 Å². The van der Waals surface area contributed by atoms with Crippen LogP contribution in [0.25, 0.3) is 0 Å². The molecule has 0 bridgehead atoms. The summed E-state index contributed by atoms with van der Waals surface area (Å²) < 4.78 is 12.9. The molecule has 0 amide bonds. The van der Waals surface area contributed by atoms with E-state index >= 15 is 0 Å². The number of halogens is 1. The molecule has 1 aromatic rings. The van der Waals surface area contributed by atoms with Gasteiger partial charge in [-0.05, 0) is 24.1 Å². The van der Waals surface area contributed by atoms with E-state index in [2.05, 4.69) is 5.01 Å². The first-order valence-electron chi connectivity index (χ1n) is 4.41. The second-order valence-corrected chi connectivity index (χ2v) is 3.43. The standard InChI is InChI=1S/C10H13FN2/c1-12-6-5-8-3-4-9(11)7-10(8)13(12)2/h3-4,7H,5-6H2,1-2H3. The molecule has 0 radical (unpaired) electrons. The van der Waals surface area contributed by atoms with Crippen molar-refractivity contribution in [1.82, 2.24) is 5.01 Å². The van der Waals surface area contributed by atoms with Gasteiger partial charge in [-0.2, -0.15) is 0 Å². The highest BCUT2D eigenvalue weighted by Crippen LogP contribution is 2.26. The summed E-state index contributed by atoms with van der Waals surface area (Å²) in [5, 5.41) is 4.07. The van der Waals surface area contributed by atoms with Gasteiger partial charge >= 0.3 is 0 Å². The van der Waals surface area contributed by atoms with Gasteiger partial charge in [0, 0.05) is 20.6 Å². The van der Waals surface area contributed by atoms with Gasteiger partial charge in [-0.1, -0.05) is 6.07 Å². The summed E-state index contributed by atoms with van der Waals surface area (Å²) in [6.07, 6.45) is 0.996. The summed E-state index contributed by atoms with van der Waals surface area (Å²) in [5.41, 5.74) is 2.20. The first-order chi connectivity index (χ1) is 6.18. The van der Waals surface area contributed by atoms with Crippen LogP contribution in [0.15, 0.2) is 18.2 Å². The van der Waals surface area contributed by atoms with Gasteiger partial charge < -0.3 is 5.01 Å². The van der Waals surface area contributed by atoms with Crippen LogP contribution >= 0.6 is 0 Å². The second kappa shape index (κ2) is 3.00. The molecular formula is C10H13FN2. The van der Waals surface area contributed by atoms with Crippen LogP contribution in [0.4, 0.5) is 10.1 Å². The van der Waals surface area contributed by atoms with E-state index in [4.69, 9.17) is 0 Å². The number of hydrogen-bond acceptors (Lipinski definition) is 2. The fourth-order valence-electron chi connectivity index (χ4n) is 1.67. The SMILES string of the molecule is CN1CCc2ccc(F)cc2N1C. The highest BCUT2D eigenvalue weighted by molar-refractivity contribution is 5.54. The molecule has 0 aromatic heterocycles. The van der Waals surface area contributed by atoms with Crippen LogP contribution in [0, 0.1) is 5.82 Å². The third-order valence-corrected chi connectivity index (χ3v) is 2.61. The van der Waals surface area contributed by atoms with Gasteiger partial charge in [-0.15, -0.1) is 0 Å². The summed E-state index contributed by atoms with van der Waals surface area (Å²) >= 11 is 0. The maximum Gasteiger partial charge on any atom is 0.125 e. The van der Waals surface area contributed by atoms with Crippen molar-refractivity contribution in [2.24, 2.45) is 0 Å². The van der Waals surface area contributed by atoms with Gasteiger partial charge in [0.2, 0.25) is 0 Å². The summed E-state index contributed by atoms with van der Waals surface area (Å²) in [6, 6.07) is 4.98. The number of rotatable bonds is 0. The molecule has 0 aliphatic carbocycles.